The van der Waals surface area contributed by atoms with Gasteiger partial charge in [-0.3, -0.25) is 0 Å². The molecule has 1 N–H and O–H groups in total. The molecule has 1 rings (SSSR count). The van der Waals surface area contributed by atoms with Gasteiger partial charge in [-0.25, -0.2) is 0 Å². The molecular weight excluding hydrogens is 124 g/mol. The van der Waals surface area contributed by atoms with Gasteiger partial charge in [0, 0.05) is 0 Å². The molecule has 1 aliphatic carbocycles. The fourth-order valence-electron chi connectivity index (χ4n) is 1.32. The fraction of sp³-hybridized carbons (Fsp3) is 0.556. The van der Waals surface area contributed by atoms with E-state index in [1.54, 1.807) is 6.92 Å². The predicted molar refractivity (Wildman–Crippen MR) is 42.8 cm³/mol. The Morgan fingerprint density at radius 1 is 1.60 bits per heavy atom. The van der Waals surface area contributed by atoms with Gasteiger partial charge in [-0.1, -0.05) is 18.2 Å². The van der Waals surface area contributed by atoms with Crippen molar-refractivity contribution in [1.29, 1.82) is 0 Å². The van der Waals surface area contributed by atoms with E-state index in [1.807, 2.05) is 6.08 Å². The number of hydrogen-bond acceptors (Lipinski definition) is 1. The zero-order valence-corrected chi connectivity index (χ0v) is 6.43. The van der Waals surface area contributed by atoms with Crippen LogP contribution in [0.5, 0.6) is 0 Å². The summed E-state index contributed by atoms with van der Waals surface area (Å²) in [7, 11) is 0. The highest BCUT2D eigenvalue weighted by Gasteiger charge is 2.10. The van der Waals surface area contributed by atoms with E-state index in [0.29, 0.717) is 0 Å². The minimum atomic E-state index is -0.315. The van der Waals surface area contributed by atoms with Gasteiger partial charge in [0.1, 0.15) is 0 Å². The lowest BCUT2D eigenvalue weighted by Crippen LogP contribution is -1.94. The van der Waals surface area contributed by atoms with E-state index >= 15 is 0 Å². The van der Waals surface area contributed by atoms with Crippen molar-refractivity contribution in [3.8, 4) is 0 Å². The van der Waals surface area contributed by atoms with Crippen LogP contribution in [0, 0.1) is 0 Å². The van der Waals surface area contributed by atoms with Gasteiger partial charge in [-0.05, 0) is 31.8 Å². The molecule has 0 bridgehead atoms. The van der Waals surface area contributed by atoms with Crippen LogP contribution >= 0.6 is 0 Å². The smallest absolute Gasteiger partial charge is 0.0698 e. The summed E-state index contributed by atoms with van der Waals surface area (Å²) < 4.78 is 0. The van der Waals surface area contributed by atoms with E-state index in [2.05, 4.69) is 6.58 Å². The Morgan fingerprint density at radius 3 is 2.70 bits per heavy atom. The zero-order chi connectivity index (χ0) is 7.56. The maximum absolute atomic E-state index is 9.01. The normalized spacial score (nSPS) is 25.8. The van der Waals surface area contributed by atoms with Gasteiger partial charge < -0.3 is 5.11 Å². The SMILES string of the molecule is C=C1CCC/C1=C\C(C)O. The molecule has 0 aromatic rings. The number of hydrogen-bond donors (Lipinski definition) is 1. The van der Waals surface area contributed by atoms with Gasteiger partial charge in [-0.15, -0.1) is 0 Å². The third kappa shape index (κ3) is 1.71. The summed E-state index contributed by atoms with van der Waals surface area (Å²) >= 11 is 0. The van der Waals surface area contributed by atoms with Crippen LogP contribution in [-0.4, -0.2) is 11.2 Å². The maximum Gasteiger partial charge on any atom is 0.0698 e. The second-order valence-corrected chi connectivity index (χ2v) is 2.89. The number of allylic oxidation sites excluding steroid dienone is 2. The second-order valence-electron chi connectivity index (χ2n) is 2.89. The van der Waals surface area contributed by atoms with Gasteiger partial charge >= 0.3 is 0 Å². The summed E-state index contributed by atoms with van der Waals surface area (Å²) in [6.45, 7) is 5.69. The molecule has 1 nitrogen and oxygen atoms in total. The average Bonchev–Trinajstić information content (AvgIpc) is 2.15. The zero-order valence-electron chi connectivity index (χ0n) is 6.43. The highest BCUT2D eigenvalue weighted by Crippen LogP contribution is 2.28. The molecule has 1 saturated carbocycles. The molecule has 10 heavy (non-hydrogen) atoms. The van der Waals surface area contributed by atoms with Crippen LogP contribution < -0.4 is 0 Å². The predicted octanol–water partition coefficient (Wildman–Crippen LogP) is 2.03. The van der Waals surface area contributed by atoms with E-state index in [0.717, 1.165) is 12.8 Å². The van der Waals surface area contributed by atoms with Gasteiger partial charge in [-0.2, -0.15) is 0 Å². The maximum atomic E-state index is 9.01. The van der Waals surface area contributed by atoms with E-state index < -0.39 is 0 Å². The van der Waals surface area contributed by atoms with Gasteiger partial charge in [0.05, 0.1) is 6.10 Å². The Kier molecular flexibility index (Phi) is 2.28. The summed E-state index contributed by atoms with van der Waals surface area (Å²) in [4.78, 5) is 0. The third-order valence-electron chi connectivity index (χ3n) is 1.82. The van der Waals surface area contributed by atoms with Crippen molar-refractivity contribution in [3.05, 3.63) is 23.8 Å². The largest absolute Gasteiger partial charge is 0.389 e. The molecule has 56 valence electrons. The molecule has 0 aliphatic heterocycles. The van der Waals surface area contributed by atoms with Gasteiger partial charge in [0.2, 0.25) is 0 Å². The molecule has 0 spiro atoms. The van der Waals surface area contributed by atoms with Crippen LogP contribution in [0.25, 0.3) is 0 Å². The van der Waals surface area contributed by atoms with Crippen LogP contribution in [0.1, 0.15) is 26.2 Å². The van der Waals surface area contributed by atoms with Crippen LogP contribution in [0.4, 0.5) is 0 Å². The van der Waals surface area contributed by atoms with Crippen molar-refractivity contribution in [1.82, 2.24) is 0 Å². The lowest BCUT2D eigenvalue weighted by Gasteiger charge is -1.99. The van der Waals surface area contributed by atoms with Crippen molar-refractivity contribution >= 4 is 0 Å². The van der Waals surface area contributed by atoms with Crippen LogP contribution in [0.3, 0.4) is 0 Å². The molecule has 0 amide bonds. The van der Waals surface area contributed by atoms with Gasteiger partial charge in [0.25, 0.3) is 0 Å². The summed E-state index contributed by atoms with van der Waals surface area (Å²) in [5, 5.41) is 9.01. The van der Waals surface area contributed by atoms with Crippen molar-refractivity contribution in [2.45, 2.75) is 32.3 Å². The van der Waals surface area contributed by atoms with Crippen LogP contribution in [0.15, 0.2) is 23.8 Å². The highest BCUT2D eigenvalue weighted by molar-refractivity contribution is 5.32. The van der Waals surface area contributed by atoms with Crippen molar-refractivity contribution in [2.75, 3.05) is 0 Å². The summed E-state index contributed by atoms with van der Waals surface area (Å²) in [6, 6.07) is 0. The van der Waals surface area contributed by atoms with Crippen LogP contribution in [0.2, 0.25) is 0 Å². The average molecular weight is 138 g/mol. The minimum Gasteiger partial charge on any atom is -0.389 e. The quantitative estimate of drug-likeness (QED) is 0.588. The minimum absolute atomic E-state index is 0.315. The molecule has 1 atom stereocenters. The summed E-state index contributed by atoms with van der Waals surface area (Å²) in [5.41, 5.74) is 2.47. The molecule has 1 fully saturated rings. The molecule has 1 heteroatoms. The van der Waals surface area contributed by atoms with Crippen LogP contribution in [-0.2, 0) is 0 Å². The second kappa shape index (κ2) is 3.02. The Labute approximate surface area is 62.1 Å². The molecule has 0 aromatic heterocycles. The summed E-state index contributed by atoms with van der Waals surface area (Å²) in [5.74, 6) is 0. The van der Waals surface area contributed by atoms with E-state index in [-0.39, 0.29) is 6.10 Å². The number of rotatable bonds is 1. The standard InChI is InChI=1S/C9H14O/c1-7-4-3-5-9(7)6-8(2)10/h6,8,10H,1,3-5H2,2H3/b9-6+. The third-order valence-corrected chi connectivity index (χ3v) is 1.82. The van der Waals surface area contributed by atoms with E-state index in [4.69, 9.17) is 5.11 Å². The molecule has 0 saturated heterocycles. The molecule has 0 aromatic carbocycles. The summed E-state index contributed by atoms with van der Waals surface area (Å²) in [6.07, 6.45) is 5.00. The lowest BCUT2D eigenvalue weighted by molar-refractivity contribution is 0.243. The molecule has 1 aliphatic rings. The van der Waals surface area contributed by atoms with E-state index in [1.165, 1.54) is 17.6 Å². The first-order valence-electron chi connectivity index (χ1n) is 3.77. The topological polar surface area (TPSA) is 20.2 Å². The number of aliphatic hydroxyl groups is 1. The van der Waals surface area contributed by atoms with E-state index in [9.17, 15) is 0 Å². The van der Waals surface area contributed by atoms with Crippen molar-refractivity contribution in [2.24, 2.45) is 0 Å². The first-order valence-corrected chi connectivity index (χ1v) is 3.77. The fourth-order valence-corrected chi connectivity index (χ4v) is 1.32. The Hall–Kier alpha value is -0.560. The molecule has 1 unspecified atom stereocenters. The first kappa shape index (κ1) is 7.55. The Balaban J connectivity index is 2.62. The Bertz CT molecular complexity index is 166. The van der Waals surface area contributed by atoms with Crippen molar-refractivity contribution < 1.29 is 5.11 Å². The number of aliphatic hydroxyl groups excluding tert-OH is 1. The monoisotopic (exact) mass is 138 g/mol. The molecular formula is C9H14O. The molecule has 0 radical (unpaired) electrons. The highest BCUT2D eigenvalue weighted by atomic mass is 16.3. The van der Waals surface area contributed by atoms with Gasteiger partial charge in [0.15, 0.2) is 0 Å². The van der Waals surface area contributed by atoms with Crippen molar-refractivity contribution in [3.63, 3.8) is 0 Å². The molecule has 0 heterocycles. The first-order chi connectivity index (χ1) is 4.70. The lowest BCUT2D eigenvalue weighted by atomic mass is 10.1. The Morgan fingerprint density at radius 2 is 2.30 bits per heavy atom.